The van der Waals surface area contributed by atoms with Crippen molar-refractivity contribution in [1.82, 2.24) is 20.2 Å². The number of amides is 1. The minimum atomic E-state index is 0.110. The molecule has 1 aromatic heterocycles. The maximum absolute atomic E-state index is 11.7. The Hall–Kier alpha value is -1.88. The van der Waals surface area contributed by atoms with Crippen molar-refractivity contribution < 1.29 is 4.79 Å². The number of aromatic nitrogens is 2. The molecule has 5 nitrogen and oxygen atoms in total. The first-order chi connectivity index (χ1) is 10.2. The Morgan fingerprint density at radius 3 is 3.00 bits per heavy atom. The summed E-state index contributed by atoms with van der Waals surface area (Å²) in [6.45, 7) is 6.53. The smallest absolute Gasteiger partial charge is 0.221 e. The second-order valence-corrected chi connectivity index (χ2v) is 5.29. The van der Waals surface area contributed by atoms with Gasteiger partial charge in [0.25, 0.3) is 0 Å². The SMILES string of the molecule is CCNC(C)CC(=O)NCCCn1cnc2ccccc21. The van der Waals surface area contributed by atoms with E-state index >= 15 is 0 Å². The van der Waals surface area contributed by atoms with Crippen molar-refractivity contribution in [3.63, 3.8) is 0 Å². The highest BCUT2D eigenvalue weighted by Gasteiger charge is 2.07. The lowest BCUT2D eigenvalue weighted by Crippen LogP contribution is -2.34. The van der Waals surface area contributed by atoms with Crippen molar-refractivity contribution in [2.75, 3.05) is 13.1 Å². The van der Waals surface area contributed by atoms with Gasteiger partial charge in [0.1, 0.15) is 0 Å². The van der Waals surface area contributed by atoms with Gasteiger partial charge in [0.15, 0.2) is 0 Å². The average Bonchev–Trinajstić information content (AvgIpc) is 2.87. The van der Waals surface area contributed by atoms with E-state index in [2.05, 4.69) is 26.3 Å². The monoisotopic (exact) mass is 288 g/mol. The van der Waals surface area contributed by atoms with Crippen LogP contribution in [0.2, 0.25) is 0 Å². The zero-order valence-electron chi connectivity index (χ0n) is 12.8. The topological polar surface area (TPSA) is 59.0 Å². The summed E-state index contributed by atoms with van der Waals surface area (Å²) in [6.07, 6.45) is 3.29. The molecule has 0 aliphatic heterocycles. The normalized spacial score (nSPS) is 12.5. The van der Waals surface area contributed by atoms with Gasteiger partial charge >= 0.3 is 0 Å². The summed E-state index contributed by atoms with van der Waals surface area (Å²) in [5, 5.41) is 6.21. The van der Waals surface area contributed by atoms with Gasteiger partial charge in [0.05, 0.1) is 17.4 Å². The van der Waals surface area contributed by atoms with Gasteiger partial charge in [-0.15, -0.1) is 0 Å². The number of carbonyl (C=O) groups excluding carboxylic acids is 1. The minimum absolute atomic E-state index is 0.110. The van der Waals surface area contributed by atoms with E-state index < -0.39 is 0 Å². The maximum Gasteiger partial charge on any atom is 0.221 e. The lowest BCUT2D eigenvalue weighted by Gasteiger charge is -2.12. The summed E-state index contributed by atoms with van der Waals surface area (Å²) >= 11 is 0. The molecule has 0 aliphatic rings. The van der Waals surface area contributed by atoms with Crippen LogP contribution < -0.4 is 10.6 Å². The van der Waals surface area contributed by atoms with Gasteiger partial charge in [-0.2, -0.15) is 0 Å². The Morgan fingerprint density at radius 1 is 1.38 bits per heavy atom. The molecule has 1 heterocycles. The van der Waals surface area contributed by atoms with Crippen molar-refractivity contribution in [3.8, 4) is 0 Å². The van der Waals surface area contributed by atoms with Crippen LogP contribution in [0.5, 0.6) is 0 Å². The lowest BCUT2D eigenvalue weighted by molar-refractivity contribution is -0.121. The quantitative estimate of drug-likeness (QED) is 0.730. The van der Waals surface area contributed by atoms with Crippen LogP contribution in [0.25, 0.3) is 11.0 Å². The predicted molar refractivity (Wildman–Crippen MR) is 85.1 cm³/mol. The number of para-hydroxylation sites is 2. The molecule has 2 aromatic rings. The van der Waals surface area contributed by atoms with Gasteiger partial charge < -0.3 is 15.2 Å². The van der Waals surface area contributed by atoms with E-state index in [1.54, 1.807) is 0 Å². The molecule has 1 atom stereocenters. The van der Waals surface area contributed by atoms with Crippen LogP contribution in [-0.2, 0) is 11.3 Å². The molecule has 114 valence electrons. The van der Waals surface area contributed by atoms with Gasteiger partial charge in [-0.05, 0) is 32.0 Å². The highest BCUT2D eigenvalue weighted by Crippen LogP contribution is 2.11. The van der Waals surface area contributed by atoms with Crippen molar-refractivity contribution in [2.45, 2.75) is 39.3 Å². The zero-order valence-corrected chi connectivity index (χ0v) is 12.8. The third-order valence-electron chi connectivity index (χ3n) is 3.47. The molecule has 0 fully saturated rings. The minimum Gasteiger partial charge on any atom is -0.356 e. The lowest BCUT2D eigenvalue weighted by atomic mass is 10.2. The van der Waals surface area contributed by atoms with E-state index in [1.807, 2.05) is 38.4 Å². The Bertz CT molecular complexity index is 578. The molecule has 2 rings (SSSR count). The number of nitrogens with one attached hydrogen (secondary N) is 2. The summed E-state index contributed by atoms with van der Waals surface area (Å²) in [7, 11) is 0. The standard InChI is InChI=1S/C16H24N4O/c1-3-17-13(2)11-16(21)18-9-6-10-20-12-19-14-7-4-5-8-15(14)20/h4-5,7-8,12-13,17H,3,6,9-11H2,1-2H3,(H,18,21). The molecular formula is C16H24N4O. The van der Waals surface area contributed by atoms with Crippen LogP contribution in [0.4, 0.5) is 0 Å². The number of imidazole rings is 1. The summed E-state index contributed by atoms with van der Waals surface area (Å²) in [5.41, 5.74) is 2.16. The van der Waals surface area contributed by atoms with Gasteiger partial charge in [-0.3, -0.25) is 4.79 Å². The molecule has 0 saturated heterocycles. The van der Waals surface area contributed by atoms with E-state index in [0.717, 1.165) is 30.5 Å². The van der Waals surface area contributed by atoms with Crippen molar-refractivity contribution in [2.24, 2.45) is 0 Å². The fourth-order valence-electron chi connectivity index (χ4n) is 2.44. The highest BCUT2D eigenvalue weighted by atomic mass is 16.1. The molecule has 0 saturated carbocycles. The second kappa shape index (κ2) is 7.78. The van der Waals surface area contributed by atoms with Crippen LogP contribution >= 0.6 is 0 Å². The van der Waals surface area contributed by atoms with Gasteiger partial charge in [-0.25, -0.2) is 4.98 Å². The molecule has 2 N–H and O–H groups in total. The van der Waals surface area contributed by atoms with Crippen LogP contribution in [-0.4, -0.2) is 34.6 Å². The Balaban J connectivity index is 1.71. The first kappa shape index (κ1) is 15.5. The maximum atomic E-state index is 11.7. The van der Waals surface area contributed by atoms with Crippen LogP contribution in [0.1, 0.15) is 26.7 Å². The number of hydrogen-bond acceptors (Lipinski definition) is 3. The number of nitrogens with zero attached hydrogens (tertiary/aromatic N) is 2. The largest absolute Gasteiger partial charge is 0.356 e. The predicted octanol–water partition coefficient (Wildman–Crippen LogP) is 1.93. The summed E-state index contributed by atoms with van der Waals surface area (Å²) < 4.78 is 2.13. The van der Waals surface area contributed by atoms with E-state index in [4.69, 9.17) is 0 Å². The molecule has 0 spiro atoms. The molecule has 1 amide bonds. The molecule has 1 unspecified atom stereocenters. The van der Waals surface area contributed by atoms with E-state index in [1.165, 1.54) is 0 Å². The Morgan fingerprint density at radius 2 is 2.19 bits per heavy atom. The molecule has 21 heavy (non-hydrogen) atoms. The zero-order chi connectivity index (χ0) is 15.1. The van der Waals surface area contributed by atoms with Crippen molar-refractivity contribution in [1.29, 1.82) is 0 Å². The molecule has 1 aromatic carbocycles. The summed E-state index contributed by atoms with van der Waals surface area (Å²) in [4.78, 5) is 16.1. The first-order valence-corrected chi connectivity index (χ1v) is 7.60. The third kappa shape index (κ3) is 4.56. The highest BCUT2D eigenvalue weighted by molar-refractivity contribution is 5.76. The molecule has 5 heteroatoms. The van der Waals surface area contributed by atoms with Crippen LogP contribution in [0.3, 0.4) is 0 Å². The molecule has 0 aliphatic carbocycles. The summed E-state index contributed by atoms with van der Waals surface area (Å²) in [5.74, 6) is 0.110. The fraction of sp³-hybridized carbons (Fsp3) is 0.500. The van der Waals surface area contributed by atoms with E-state index in [9.17, 15) is 4.79 Å². The number of carbonyl (C=O) groups is 1. The number of rotatable bonds is 8. The van der Waals surface area contributed by atoms with Gasteiger partial charge in [-0.1, -0.05) is 19.1 Å². The summed E-state index contributed by atoms with van der Waals surface area (Å²) in [6, 6.07) is 8.32. The molecule has 0 bridgehead atoms. The Kier molecular flexibility index (Phi) is 5.75. The number of aryl methyl sites for hydroxylation is 1. The fourth-order valence-corrected chi connectivity index (χ4v) is 2.44. The van der Waals surface area contributed by atoms with Crippen molar-refractivity contribution >= 4 is 16.9 Å². The van der Waals surface area contributed by atoms with Crippen LogP contribution in [0.15, 0.2) is 30.6 Å². The van der Waals surface area contributed by atoms with E-state index in [-0.39, 0.29) is 11.9 Å². The van der Waals surface area contributed by atoms with Crippen LogP contribution in [0, 0.1) is 0 Å². The number of hydrogen-bond donors (Lipinski definition) is 2. The Labute approximate surface area is 125 Å². The second-order valence-electron chi connectivity index (χ2n) is 5.29. The third-order valence-corrected chi connectivity index (χ3v) is 3.47. The number of benzene rings is 1. The van der Waals surface area contributed by atoms with Gasteiger partial charge in [0, 0.05) is 25.6 Å². The molecule has 0 radical (unpaired) electrons. The first-order valence-electron chi connectivity index (χ1n) is 7.60. The number of fused-ring (bicyclic) bond motifs is 1. The van der Waals surface area contributed by atoms with Crippen molar-refractivity contribution in [3.05, 3.63) is 30.6 Å². The molecular weight excluding hydrogens is 264 g/mol. The average molecular weight is 288 g/mol. The van der Waals surface area contributed by atoms with Gasteiger partial charge in [0.2, 0.25) is 5.91 Å². The van der Waals surface area contributed by atoms with E-state index in [0.29, 0.717) is 13.0 Å².